The van der Waals surface area contributed by atoms with Gasteiger partial charge in [-0.3, -0.25) is 4.79 Å². The Hall–Kier alpha value is -3.06. The first-order valence-corrected chi connectivity index (χ1v) is 9.42. The largest absolute Gasteiger partial charge is 0.416 e. The molecule has 4 nitrogen and oxygen atoms in total. The number of hydrogen-bond acceptors (Lipinski definition) is 2. The maximum Gasteiger partial charge on any atom is 0.416 e. The number of hydrazone groups is 1. The van der Waals surface area contributed by atoms with Gasteiger partial charge >= 0.3 is 6.18 Å². The zero-order valence-electron chi connectivity index (χ0n) is 16.5. The predicted octanol–water partition coefficient (Wildman–Crippen LogP) is 5.84. The quantitative estimate of drug-likeness (QED) is 0.408. The Labute approximate surface area is 177 Å². The maximum atomic E-state index is 12.8. The molecule has 0 aliphatic rings. The van der Waals surface area contributed by atoms with Crippen LogP contribution in [-0.2, 0) is 6.18 Å². The van der Waals surface area contributed by atoms with Gasteiger partial charge in [0.2, 0.25) is 0 Å². The lowest BCUT2D eigenvalue weighted by atomic mass is 10.1. The topological polar surface area (TPSA) is 46.4 Å². The van der Waals surface area contributed by atoms with Gasteiger partial charge in [-0.05, 0) is 62.7 Å². The molecule has 0 fully saturated rings. The third-order valence-corrected chi connectivity index (χ3v) is 4.94. The van der Waals surface area contributed by atoms with Crippen molar-refractivity contribution in [3.63, 3.8) is 0 Å². The number of nitrogens with one attached hydrogen (secondary N) is 1. The Morgan fingerprint density at radius 1 is 1.10 bits per heavy atom. The minimum Gasteiger partial charge on any atom is -0.318 e. The molecular formula is C22H19ClF3N3O. The van der Waals surface area contributed by atoms with Crippen LogP contribution in [-0.4, -0.2) is 16.7 Å². The number of amides is 1. The van der Waals surface area contributed by atoms with Crippen LogP contribution < -0.4 is 5.43 Å². The van der Waals surface area contributed by atoms with Crippen molar-refractivity contribution < 1.29 is 18.0 Å². The van der Waals surface area contributed by atoms with Crippen molar-refractivity contribution in [3.8, 4) is 5.69 Å². The second kappa shape index (κ2) is 8.36. The first-order valence-electron chi connectivity index (χ1n) is 9.04. The van der Waals surface area contributed by atoms with Gasteiger partial charge < -0.3 is 4.57 Å². The summed E-state index contributed by atoms with van der Waals surface area (Å²) in [5, 5.41) is 4.53. The van der Waals surface area contributed by atoms with Gasteiger partial charge in [0, 0.05) is 33.2 Å². The highest BCUT2D eigenvalue weighted by Gasteiger charge is 2.30. The monoisotopic (exact) mass is 433 g/mol. The van der Waals surface area contributed by atoms with Crippen LogP contribution in [0.3, 0.4) is 0 Å². The van der Waals surface area contributed by atoms with Crippen LogP contribution in [0.5, 0.6) is 0 Å². The molecule has 2 aromatic carbocycles. The third-order valence-electron chi connectivity index (χ3n) is 4.70. The van der Waals surface area contributed by atoms with Gasteiger partial charge in [-0.25, -0.2) is 5.43 Å². The Balaban J connectivity index is 1.81. The summed E-state index contributed by atoms with van der Waals surface area (Å²) in [6.45, 7) is 5.82. The number of alkyl halides is 3. The second-order valence-electron chi connectivity index (χ2n) is 6.87. The highest BCUT2D eigenvalue weighted by Crippen LogP contribution is 2.29. The minimum atomic E-state index is -4.52. The van der Waals surface area contributed by atoms with E-state index in [0.29, 0.717) is 5.02 Å². The molecule has 156 valence electrons. The molecule has 3 aromatic rings. The fourth-order valence-corrected chi connectivity index (χ4v) is 3.34. The van der Waals surface area contributed by atoms with E-state index in [4.69, 9.17) is 11.6 Å². The van der Waals surface area contributed by atoms with Gasteiger partial charge in [-0.15, -0.1) is 0 Å². The number of nitrogens with zero attached hydrogens (tertiary/aromatic N) is 2. The normalized spacial score (nSPS) is 11.8. The van der Waals surface area contributed by atoms with E-state index in [0.717, 1.165) is 40.3 Å². The molecule has 1 N–H and O–H groups in total. The first-order chi connectivity index (χ1) is 14.1. The molecule has 0 aliphatic carbocycles. The Kier molecular flexibility index (Phi) is 6.03. The molecule has 8 heteroatoms. The van der Waals surface area contributed by atoms with Crippen LogP contribution in [0.1, 0.15) is 38.4 Å². The number of aromatic nitrogens is 1. The first kappa shape index (κ1) is 21.6. The molecule has 0 spiro atoms. The van der Waals surface area contributed by atoms with Crippen molar-refractivity contribution >= 4 is 23.7 Å². The zero-order chi connectivity index (χ0) is 22.1. The van der Waals surface area contributed by atoms with Gasteiger partial charge in [0.05, 0.1) is 11.8 Å². The number of aryl methyl sites for hydroxylation is 2. The van der Waals surface area contributed by atoms with E-state index >= 15 is 0 Å². The van der Waals surface area contributed by atoms with E-state index in [1.807, 2.05) is 49.6 Å². The summed E-state index contributed by atoms with van der Waals surface area (Å²) in [4.78, 5) is 12.2. The zero-order valence-corrected chi connectivity index (χ0v) is 17.3. The molecule has 1 aromatic heterocycles. The molecule has 0 bridgehead atoms. The van der Waals surface area contributed by atoms with E-state index in [-0.39, 0.29) is 5.56 Å². The molecule has 1 heterocycles. The van der Waals surface area contributed by atoms with Gasteiger partial charge in [-0.1, -0.05) is 23.7 Å². The average molecular weight is 434 g/mol. The lowest BCUT2D eigenvalue weighted by Gasteiger charge is -2.13. The van der Waals surface area contributed by atoms with Crippen molar-refractivity contribution in [1.82, 2.24) is 9.99 Å². The predicted molar refractivity (Wildman–Crippen MR) is 111 cm³/mol. The number of benzene rings is 2. The van der Waals surface area contributed by atoms with Gasteiger partial charge in [-0.2, -0.15) is 18.3 Å². The van der Waals surface area contributed by atoms with Crippen molar-refractivity contribution in [2.75, 3.05) is 0 Å². The lowest BCUT2D eigenvalue weighted by Crippen LogP contribution is -2.18. The van der Waals surface area contributed by atoms with E-state index in [1.165, 1.54) is 18.3 Å². The maximum absolute atomic E-state index is 12.8. The molecule has 30 heavy (non-hydrogen) atoms. The summed E-state index contributed by atoms with van der Waals surface area (Å²) in [6, 6.07) is 11.7. The molecule has 1 amide bonds. The third kappa shape index (κ3) is 4.57. The number of carbonyl (C=O) groups excluding carboxylic acids is 1. The van der Waals surface area contributed by atoms with E-state index < -0.39 is 17.6 Å². The number of rotatable bonds is 4. The summed E-state index contributed by atoms with van der Waals surface area (Å²) in [5.41, 5.74) is 5.83. The summed E-state index contributed by atoms with van der Waals surface area (Å²) in [5.74, 6) is -0.725. The lowest BCUT2D eigenvalue weighted by molar-refractivity contribution is -0.137. The van der Waals surface area contributed by atoms with Crippen LogP contribution >= 0.6 is 11.6 Å². The second-order valence-corrected chi connectivity index (χ2v) is 7.31. The Bertz CT molecular complexity index is 1130. The SMILES string of the molecule is Cc1ccc(Cl)cc1-n1c(C)cc(/C=N\NC(=O)c2cccc(C(F)(F)F)c2)c1C. The minimum absolute atomic E-state index is 0.123. The number of halogens is 4. The Morgan fingerprint density at radius 3 is 2.53 bits per heavy atom. The Morgan fingerprint density at radius 2 is 1.83 bits per heavy atom. The van der Waals surface area contributed by atoms with Crippen molar-refractivity contribution in [3.05, 3.63) is 87.2 Å². The van der Waals surface area contributed by atoms with Crippen LogP contribution in [0.25, 0.3) is 5.69 Å². The van der Waals surface area contributed by atoms with Crippen LogP contribution in [0.15, 0.2) is 53.6 Å². The van der Waals surface area contributed by atoms with Crippen LogP contribution in [0.2, 0.25) is 5.02 Å². The standard InChI is InChI=1S/C22H19ClF3N3O/c1-13-7-8-19(23)11-20(13)29-14(2)9-17(15(29)3)12-27-28-21(30)16-5-4-6-18(10-16)22(24,25)26/h4-12H,1-3H3,(H,28,30)/b27-12-. The molecule has 0 atom stereocenters. The summed E-state index contributed by atoms with van der Waals surface area (Å²) < 4.78 is 40.5. The van der Waals surface area contributed by atoms with Gasteiger partial charge in [0.15, 0.2) is 0 Å². The van der Waals surface area contributed by atoms with Crippen molar-refractivity contribution in [2.24, 2.45) is 5.10 Å². The van der Waals surface area contributed by atoms with E-state index in [9.17, 15) is 18.0 Å². The summed E-state index contributed by atoms with van der Waals surface area (Å²) in [7, 11) is 0. The summed E-state index contributed by atoms with van der Waals surface area (Å²) >= 11 is 6.14. The van der Waals surface area contributed by atoms with Crippen molar-refractivity contribution in [1.29, 1.82) is 0 Å². The average Bonchev–Trinajstić information content (AvgIpc) is 2.96. The van der Waals surface area contributed by atoms with Gasteiger partial charge in [0.1, 0.15) is 0 Å². The highest BCUT2D eigenvalue weighted by atomic mass is 35.5. The number of carbonyl (C=O) groups is 1. The van der Waals surface area contributed by atoms with Crippen LogP contribution in [0.4, 0.5) is 13.2 Å². The molecule has 0 unspecified atom stereocenters. The molecule has 0 aliphatic heterocycles. The van der Waals surface area contributed by atoms with Crippen molar-refractivity contribution in [2.45, 2.75) is 26.9 Å². The van der Waals surface area contributed by atoms with E-state index in [1.54, 1.807) is 0 Å². The molecule has 0 saturated carbocycles. The fraction of sp³-hybridized carbons (Fsp3) is 0.182. The molecule has 0 radical (unpaired) electrons. The van der Waals surface area contributed by atoms with E-state index in [2.05, 4.69) is 10.5 Å². The molecule has 3 rings (SSSR count). The molecular weight excluding hydrogens is 415 g/mol. The number of hydrogen-bond donors (Lipinski definition) is 1. The van der Waals surface area contributed by atoms with Gasteiger partial charge in [0.25, 0.3) is 5.91 Å². The summed E-state index contributed by atoms with van der Waals surface area (Å²) in [6.07, 6.45) is -3.06. The molecule has 0 saturated heterocycles. The van der Waals surface area contributed by atoms with Crippen LogP contribution in [0, 0.1) is 20.8 Å². The highest BCUT2D eigenvalue weighted by molar-refractivity contribution is 6.30. The fourth-order valence-electron chi connectivity index (χ4n) is 3.17. The smallest absolute Gasteiger partial charge is 0.318 e.